The first-order chi connectivity index (χ1) is 7.42. The molecule has 1 aliphatic carbocycles. The molecule has 1 unspecified atom stereocenters. The smallest absolute Gasteiger partial charge is 0.0745 e. The summed E-state index contributed by atoms with van der Waals surface area (Å²) >= 11 is 0. The van der Waals surface area contributed by atoms with E-state index in [0.717, 1.165) is 31.4 Å². The Labute approximate surface area is 91.5 Å². The largest absolute Gasteiger partial charge is 0.411 e. The third kappa shape index (κ3) is 2.59. The first-order valence-corrected chi connectivity index (χ1v) is 6.01. The van der Waals surface area contributed by atoms with Gasteiger partial charge in [0.15, 0.2) is 0 Å². The van der Waals surface area contributed by atoms with Crippen molar-refractivity contribution in [2.45, 2.75) is 44.6 Å². The lowest BCUT2D eigenvalue weighted by Crippen LogP contribution is -2.39. The van der Waals surface area contributed by atoms with E-state index >= 15 is 0 Å². The lowest BCUT2D eigenvalue weighted by molar-refractivity contribution is 0.266. The molecule has 84 valence electrons. The van der Waals surface area contributed by atoms with E-state index in [9.17, 15) is 0 Å². The molecule has 1 fully saturated rings. The highest BCUT2D eigenvalue weighted by Crippen LogP contribution is 2.20. The topological polar surface area (TPSA) is 35.8 Å². The van der Waals surface area contributed by atoms with Crippen molar-refractivity contribution >= 4 is 5.71 Å². The number of likely N-dealkylation sites (tertiary alicyclic amines) is 1. The third-order valence-corrected chi connectivity index (χ3v) is 3.44. The minimum Gasteiger partial charge on any atom is -0.411 e. The van der Waals surface area contributed by atoms with Crippen molar-refractivity contribution in [1.82, 2.24) is 4.90 Å². The minimum absolute atomic E-state index is 0.391. The molecule has 3 nitrogen and oxygen atoms in total. The number of rotatable bonds is 1. The Morgan fingerprint density at radius 2 is 1.93 bits per heavy atom. The molecular weight excluding hydrogens is 188 g/mol. The number of hydrogen-bond donors (Lipinski definition) is 1. The van der Waals surface area contributed by atoms with Crippen LogP contribution >= 0.6 is 0 Å². The Balaban J connectivity index is 2.06. The Kier molecular flexibility index (Phi) is 3.78. The van der Waals surface area contributed by atoms with Crippen LogP contribution < -0.4 is 0 Å². The average Bonchev–Trinajstić information content (AvgIpc) is 2.71. The molecule has 0 bridgehead atoms. The van der Waals surface area contributed by atoms with Crippen LogP contribution in [0.2, 0.25) is 0 Å². The van der Waals surface area contributed by atoms with Crippen LogP contribution in [0, 0.1) is 0 Å². The fourth-order valence-corrected chi connectivity index (χ4v) is 2.62. The second-order valence-corrected chi connectivity index (χ2v) is 4.44. The summed E-state index contributed by atoms with van der Waals surface area (Å²) in [7, 11) is 0. The molecule has 1 N–H and O–H groups in total. The maximum Gasteiger partial charge on any atom is 0.0745 e. The summed E-state index contributed by atoms with van der Waals surface area (Å²) in [5.74, 6) is 0. The van der Waals surface area contributed by atoms with Gasteiger partial charge in [-0.3, -0.25) is 4.90 Å². The molecule has 1 heterocycles. The van der Waals surface area contributed by atoms with Crippen molar-refractivity contribution in [3.63, 3.8) is 0 Å². The molecule has 2 aliphatic rings. The highest BCUT2D eigenvalue weighted by Gasteiger charge is 2.26. The van der Waals surface area contributed by atoms with Gasteiger partial charge in [0.2, 0.25) is 0 Å². The van der Waals surface area contributed by atoms with Gasteiger partial charge in [-0.15, -0.1) is 0 Å². The van der Waals surface area contributed by atoms with Gasteiger partial charge in [-0.1, -0.05) is 17.3 Å². The maximum atomic E-state index is 9.08. The molecular formula is C12H20N2O. The normalized spacial score (nSPS) is 33.9. The summed E-state index contributed by atoms with van der Waals surface area (Å²) in [4.78, 5) is 2.48. The van der Waals surface area contributed by atoms with Gasteiger partial charge in [0.25, 0.3) is 0 Å². The Hall–Kier alpha value is -0.830. The molecule has 0 amide bonds. The SMILES string of the molecule is O/N=C1/CC/C=C\CCC1N1CCCC1. The molecule has 1 aliphatic heterocycles. The molecule has 3 heteroatoms. The van der Waals surface area contributed by atoms with Gasteiger partial charge in [0.05, 0.1) is 11.8 Å². The number of oxime groups is 1. The van der Waals surface area contributed by atoms with E-state index in [1.807, 2.05) is 0 Å². The second-order valence-electron chi connectivity index (χ2n) is 4.44. The van der Waals surface area contributed by atoms with E-state index < -0.39 is 0 Å². The van der Waals surface area contributed by atoms with Crippen LogP contribution in [0.4, 0.5) is 0 Å². The molecule has 0 radical (unpaired) electrons. The molecule has 0 saturated carbocycles. The van der Waals surface area contributed by atoms with Gasteiger partial charge in [-0.2, -0.15) is 0 Å². The maximum absolute atomic E-state index is 9.08. The molecule has 15 heavy (non-hydrogen) atoms. The Bertz CT molecular complexity index is 254. The van der Waals surface area contributed by atoms with Gasteiger partial charge in [-0.05, 0) is 51.6 Å². The second kappa shape index (κ2) is 5.31. The molecule has 0 spiro atoms. The van der Waals surface area contributed by atoms with Crippen molar-refractivity contribution in [3.8, 4) is 0 Å². The van der Waals surface area contributed by atoms with Crippen molar-refractivity contribution in [2.75, 3.05) is 13.1 Å². The van der Waals surface area contributed by atoms with Crippen molar-refractivity contribution in [1.29, 1.82) is 0 Å². The van der Waals surface area contributed by atoms with E-state index in [1.165, 1.54) is 25.9 Å². The van der Waals surface area contributed by atoms with E-state index in [-0.39, 0.29) is 0 Å². The summed E-state index contributed by atoms with van der Waals surface area (Å²) in [6.07, 6.45) is 11.2. The first kappa shape index (κ1) is 10.7. The predicted octanol–water partition coefficient (Wildman–Crippen LogP) is 2.41. The summed E-state index contributed by atoms with van der Waals surface area (Å²) in [6.45, 7) is 2.35. The lowest BCUT2D eigenvalue weighted by Gasteiger charge is -2.28. The van der Waals surface area contributed by atoms with Crippen molar-refractivity contribution < 1.29 is 5.21 Å². The fraction of sp³-hybridized carbons (Fsp3) is 0.750. The monoisotopic (exact) mass is 208 g/mol. The molecule has 2 rings (SSSR count). The minimum atomic E-state index is 0.391. The van der Waals surface area contributed by atoms with E-state index in [4.69, 9.17) is 5.21 Å². The zero-order valence-corrected chi connectivity index (χ0v) is 9.23. The predicted molar refractivity (Wildman–Crippen MR) is 61.4 cm³/mol. The fourth-order valence-electron chi connectivity index (χ4n) is 2.62. The number of nitrogens with zero attached hydrogens (tertiary/aromatic N) is 2. The van der Waals surface area contributed by atoms with E-state index in [1.54, 1.807) is 0 Å². The zero-order chi connectivity index (χ0) is 10.5. The van der Waals surface area contributed by atoms with Gasteiger partial charge >= 0.3 is 0 Å². The van der Waals surface area contributed by atoms with Crippen LogP contribution in [0.25, 0.3) is 0 Å². The summed E-state index contributed by atoms with van der Waals surface area (Å²) in [6, 6.07) is 0.391. The molecule has 0 aromatic heterocycles. The third-order valence-electron chi connectivity index (χ3n) is 3.44. The summed E-state index contributed by atoms with van der Waals surface area (Å²) < 4.78 is 0. The Morgan fingerprint density at radius 1 is 1.20 bits per heavy atom. The van der Waals surface area contributed by atoms with Crippen LogP contribution in [-0.2, 0) is 0 Å². The van der Waals surface area contributed by atoms with Gasteiger partial charge in [0.1, 0.15) is 0 Å². The first-order valence-electron chi connectivity index (χ1n) is 6.01. The van der Waals surface area contributed by atoms with Gasteiger partial charge < -0.3 is 5.21 Å². The molecule has 0 aromatic carbocycles. The molecule has 1 saturated heterocycles. The van der Waals surface area contributed by atoms with Gasteiger partial charge in [0, 0.05) is 0 Å². The average molecular weight is 208 g/mol. The van der Waals surface area contributed by atoms with Crippen LogP contribution in [0.1, 0.15) is 38.5 Å². The summed E-state index contributed by atoms with van der Waals surface area (Å²) in [5, 5.41) is 12.6. The standard InChI is InChI=1S/C12H20N2O/c15-13-11-7-3-1-2-4-8-12(11)14-9-5-6-10-14/h1-2,12,15H,3-10H2/b2-1-,13-11-. The van der Waals surface area contributed by atoms with Crippen LogP contribution in [-0.4, -0.2) is 35.0 Å². The van der Waals surface area contributed by atoms with Crippen LogP contribution in [0.15, 0.2) is 17.3 Å². The lowest BCUT2D eigenvalue weighted by atomic mass is 9.97. The molecule has 1 atom stereocenters. The van der Waals surface area contributed by atoms with Crippen LogP contribution in [0.3, 0.4) is 0 Å². The summed E-state index contributed by atoms with van der Waals surface area (Å²) in [5.41, 5.74) is 0.987. The Morgan fingerprint density at radius 3 is 2.67 bits per heavy atom. The highest BCUT2D eigenvalue weighted by atomic mass is 16.4. The molecule has 0 aromatic rings. The number of hydrogen-bond acceptors (Lipinski definition) is 3. The quantitative estimate of drug-likeness (QED) is 0.408. The van der Waals surface area contributed by atoms with Crippen molar-refractivity contribution in [2.24, 2.45) is 5.16 Å². The zero-order valence-electron chi connectivity index (χ0n) is 9.23. The highest BCUT2D eigenvalue weighted by molar-refractivity contribution is 5.89. The van der Waals surface area contributed by atoms with E-state index in [2.05, 4.69) is 22.2 Å². The van der Waals surface area contributed by atoms with Crippen molar-refractivity contribution in [3.05, 3.63) is 12.2 Å². The van der Waals surface area contributed by atoms with Gasteiger partial charge in [-0.25, -0.2) is 0 Å². The number of allylic oxidation sites excluding steroid dienone is 2. The van der Waals surface area contributed by atoms with Crippen LogP contribution in [0.5, 0.6) is 0 Å². The van der Waals surface area contributed by atoms with E-state index in [0.29, 0.717) is 6.04 Å².